The smallest absolute Gasteiger partial charge is 0.123 e. The summed E-state index contributed by atoms with van der Waals surface area (Å²) < 4.78 is 13.2. The third-order valence-corrected chi connectivity index (χ3v) is 4.05. The summed E-state index contributed by atoms with van der Waals surface area (Å²) in [5.74, 6) is -0.217. The molecule has 2 rings (SSSR count). The zero-order chi connectivity index (χ0) is 13.7. The average Bonchev–Trinajstić information content (AvgIpc) is 2.92. The standard InChI is InChI=1S/C15H19FN2S/c1-2-18(11-15-4-3-7-19-15)10-12-5-6-14(16)8-13(12)9-17/h3-8H,2,9-11,17H2,1H3. The first-order chi connectivity index (χ1) is 9.22. The summed E-state index contributed by atoms with van der Waals surface area (Å²) in [7, 11) is 0. The van der Waals surface area contributed by atoms with Gasteiger partial charge in [-0.1, -0.05) is 19.1 Å². The molecule has 2 aromatic rings. The third-order valence-electron chi connectivity index (χ3n) is 3.19. The van der Waals surface area contributed by atoms with E-state index in [9.17, 15) is 4.39 Å². The van der Waals surface area contributed by atoms with Crippen LogP contribution in [0, 0.1) is 5.82 Å². The van der Waals surface area contributed by atoms with Crippen molar-refractivity contribution in [2.45, 2.75) is 26.6 Å². The Morgan fingerprint density at radius 1 is 1.21 bits per heavy atom. The Hall–Kier alpha value is -1.23. The molecule has 0 spiro atoms. The van der Waals surface area contributed by atoms with Crippen LogP contribution in [-0.4, -0.2) is 11.4 Å². The van der Waals surface area contributed by atoms with E-state index < -0.39 is 0 Å². The number of halogens is 1. The Kier molecular flexibility index (Phi) is 5.07. The van der Waals surface area contributed by atoms with Crippen molar-refractivity contribution in [3.05, 3.63) is 57.5 Å². The van der Waals surface area contributed by atoms with Crippen LogP contribution >= 0.6 is 11.3 Å². The Labute approximate surface area is 117 Å². The second-order valence-electron chi connectivity index (χ2n) is 4.50. The first-order valence-corrected chi connectivity index (χ1v) is 7.33. The summed E-state index contributed by atoms with van der Waals surface area (Å²) in [5.41, 5.74) is 7.70. The van der Waals surface area contributed by atoms with Gasteiger partial charge in [-0.3, -0.25) is 4.90 Å². The average molecular weight is 278 g/mol. The molecule has 0 bridgehead atoms. The van der Waals surface area contributed by atoms with Gasteiger partial charge in [0.1, 0.15) is 5.82 Å². The van der Waals surface area contributed by atoms with E-state index in [0.29, 0.717) is 6.54 Å². The first kappa shape index (κ1) is 14.2. The lowest BCUT2D eigenvalue weighted by atomic mass is 10.1. The minimum Gasteiger partial charge on any atom is -0.326 e. The molecule has 0 amide bonds. The van der Waals surface area contributed by atoms with E-state index in [0.717, 1.165) is 30.8 Å². The Bertz CT molecular complexity index is 511. The number of hydrogen-bond donors (Lipinski definition) is 1. The number of nitrogens with two attached hydrogens (primary N) is 1. The predicted octanol–water partition coefficient (Wildman–Crippen LogP) is 3.37. The van der Waals surface area contributed by atoms with Gasteiger partial charge in [0.2, 0.25) is 0 Å². The SMILES string of the molecule is CCN(Cc1cccs1)Cc1ccc(F)cc1CN. The minimum atomic E-state index is -0.217. The molecule has 1 aromatic heterocycles. The molecule has 2 N–H and O–H groups in total. The molecule has 0 fully saturated rings. The topological polar surface area (TPSA) is 29.3 Å². The fraction of sp³-hybridized carbons (Fsp3) is 0.333. The van der Waals surface area contributed by atoms with E-state index in [2.05, 4.69) is 29.3 Å². The van der Waals surface area contributed by atoms with Gasteiger partial charge in [0, 0.05) is 24.5 Å². The van der Waals surface area contributed by atoms with Crippen LogP contribution in [0.15, 0.2) is 35.7 Å². The fourth-order valence-electron chi connectivity index (χ4n) is 2.08. The normalized spacial score (nSPS) is 11.2. The summed E-state index contributed by atoms with van der Waals surface area (Å²) in [6, 6.07) is 9.09. The second kappa shape index (κ2) is 6.80. The molecule has 102 valence electrons. The predicted molar refractivity (Wildman–Crippen MR) is 78.4 cm³/mol. The molecule has 0 aliphatic carbocycles. The molecule has 0 radical (unpaired) electrons. The lowest BCUT2D eigenvalue weighted by Crippen LogP contribution is -2.23. The molecular weight excluding hydrogens is 259 g/mol. The highest BCUT2D eigenvalue weighted by Crippen LogP contribution is 2.17. The number of benzene rings is 1. The van der Waals surface area contributed by atoms with Crippen LogP contribution < -0.4 is 5.73 Å². The summed E-state index contributed by atoms with van der Waals surface area (Å²) in [6.07, 6.45) is 0. The molecule has 0 saturated heterocycles. The van der Waals surface area contributed by atoms with Gasteiger partial charge in [0.05, 0.1) is 0 Å². The maximum absolute atomic E-state index is 13.2. The number of nitrogens with zero attached hydrogens (tertiary/aromatic N) is 1. The Balaban J connectivity index is 2.09. The summed E-state index contributed by atoms with van der Waals surface area (Å²) in [5, 5.41) is 2.09. The van der Waals surface area contributed by atoms with Crippen molar-refractivity contribution < 1.29 is 4.39 Å². The Morgan fingerprint density at radius 2 is 2.05 bits per heavy atom. The first-order valence-electron chi connectivity index (χ1n) is 6.45. The van der Waals surface area contributed by atoms with Crippen LogP contribution in [0.4, 0.5) is 4.39 Å². The van der Waals surface area contributed by atoms with Crippen molar-refractivity contribution in [3.8, 4) is 0 Å². The van der Waals surface area contributed by atoms with E-state index in [1.807, 2.05) is 6.07 Å². The molecule has 1 heterocycles. The van der Waals surface area contributed by atoms with Crippen LogP contribution in [0.5, 0.6) is 0 Å². The molecule has 2 nitrogen and oxygen atoms in total. The van der Waals surface area contributed by atoms with E-state index >= 15 is 0 Å². The zero-order valence-electron chi connectivity index (χ0n) is 11.1. The van der Waals surface area contributed by atoms with Crippen molar-refractivity contribution in [3.63, 3.8) is 0 Å². The van der Waals surface area contributed by atoms with Crippen molar-refractivity contribution >= 4 is 11.3 Å². The molecule has 4 heteroatoms. The van der Waals surface area contributed by atoms with Gasteiger partial charge in [-0.15, -0.1) is 11.3 Å². The maximum atomic E-state index is 13.2. The van der Waals surface area contributed by atoms with Crippen LogP contribution in [0.2, 0.25) is 0 Å². The molecule has 0 unspecified atom stereocenters. The lowest BCUT2D eigenvalue weighted by Gasteiger charge is -2.21. The van der Waals surface area contributed by atoms with E-state index in [1.165, 1.54) is 17.0 Å². The van der Waals surface area contributed by atoms with Crippen LogP contribution in [0.25, 0.3) is 0 Å². The molecule has 1 aromatic carbocycles. The third kappa shape index (κ3) is 3.86. The number of rotatable bonds is 6. The maximum Gasteiger partial charge on any atom is 0.123 e. The molecule has 0 saturated carbocycles. The highest BCUT2D eigenvalue weighted by atomic mass is 32.1. The van der Waals surface area contributed by atoms with E-state index in [-0.39, 0.29) is 5.82 Å². The number of thiophene rings is 1. The molecule has 0 aliphatic rings. The van der Waals surface area contributed by atoms with Crippen molar-refractivity contribution in [2.24, 2.45) is 5.73 Å². The second-order valence-corrected chi connectivity index (χ2v) is 5.53. The fourth-order valence-corrected chi connectivity index (χ4v) is 2.83. The molecular formula is C15H19FN2S. The van der Waals surface area contributed by atoms with Gasteiger partial charge in [-0.25, -0.2) is 4.39 Å². The van der Waals surface area contributed by atoms with Gasteiger partial charge in [-0.05, 0) is 41.3 Å². The van der Waals surface area contributed by atoms with Crippen LogP contribution in [0.3, 0.4) is 0 Å². The van der Waals surface area contributed by atoms with Gasteiger partial charge in [0.15, 0.2) is 0 Å². The quantitative estimate of drug-likeness (QED) is 0.878. The van der Waals surface area contributed by atoms with Crippen molar-refractivity contribution in [1.29, 1.82) is 0 Å². The van der Waals surface area contributed by atoms with E-state index in [1.54, 1.807) is 11.3 Å². The minimum absolute atomic E-state index is 0.217. The molecule has 0 aliphatic heterocycles. The lowest BCUT2D eigenvalue weighted by molar-refractivity contribution is 0.273. The highest BCUT2D eigenvalue weighted by molar-refractivity contribution is 7.09. The van der Waals surface area contributed by atoms with Crippen molar-refractivity contribution in [2.75, 3.05) is 6.54 Å². The molecule has 19 heavy (non-hydrogen) atoms. The summed E-state index contributed by atoms with van der Waals surface area (Å²) in [4.78, 5) is 3.68. The van der Waals surface area contributed by atoms with Crippen molar-refractivity contribution in [1.82, 2.24) is 4.90 Å². The van der Waals surface area contributed by atoms with Gasteiger partial charge >= 0.3 is 0 Å². The van der Waals surface area contributed by atoms with E-state index in [4.69, 9.17) is 5.73 Å². The number of hydrogen-bond acceptors (Lipinski definition) is 3. The largest absolute Gasteiger partial charge is 0.326 e. The summed E-state index contributed by atoms with van der Waals surface area (Å²) in [6.45, 7) is 5.21. The van der Waals surface area contributed by atoms with Crippen LogP contribution in [-0.2, 0) is 19.6 Å². The molecule has 0 atom stereocenters. The van der Waals surface area contributed by atoms with Gasteiger partial charge < -0.3 is 5.73 Å². The zero-order valence-corrected chi connectivity index (χ0v) is 11.9. The van der Waals surface area contributed by atoms with Gasteiger partial charge in [0.25, 0.3) is 0 Å². The Morgan fingerprint density at radius 3 is 2.68 bits per heavy atom. The van der Waals surface area contributed by atoms with Crippen LogP contribution in [0.1, 0.15) is 22.9 Å². The highest BCUT2D eigenvalue weighted by Gasteiger charge is 2.09. The monoisotopic (exact) mass is 278 g/mol. The summed E-state index contributed by atoms with van der Waals surface area (Å²) >= 11 is 1.76. The van der Waals surface area contributed by atoms with Gasteiger partial charge in [-0.2, -0.15) is 0 Å².